The summed E-state index contributed by atoms with van der Waals surface area (Å²) >= 11 is 0. The van der Waals surface area contributed by atoms with E-state index in [0.29, 0.717) is 18.4 Å². The molecule has 86 valence electrons. The largest absolute Gasteiger partial charge is 0.349 e. The van der Waals surface area contributed by atoms with E-state index in [-0.39, 0.29) is 17.4 Å². The van der Waals surface area contributed by atoms with Crippen LogP contribution in [0.15, 0.2) is 0 Å². The topological polar surface area (TPSA) is 55.1 Å². The second kappa shape index (κ2) is 3.78. The molecule has 0 bridgehead atoms. The van der Waals surface area contributed by atoms with E-state index in [1.807, 2.05) is 6.92 Å². The third-order valence-corrected chi connectivity index (χ3v) is 4.05. The van der Waals surface area contributed by atoms with Gasteiger partial charge in [-0.05, 0) is 44.4 Å². The molecule has 2 aliphatic rings. The molecule has 3 N–H and O–H groups in total. The zero-order valence-electron chi connectivity index (χ0n) is 9.75. The van der Waals surface area contributed by atoms with E-state index in [1.54, 1.807) is 0 Å². The smallest absolute Gasteiger partial charge is 0.223 e. The van der Waals surface area contributed by atoms with Crippen LogP contribution in [0.25, 0.3) is 0 Å². The lowest BCUT2D eigenvalue weighted by Crippen LogP contribution is -2.54. The number of amides is 1. The Balaban J connectivity index is 1.90. The van der Waals surface area contributed by atoms with Gasteiger partial charge in [-0.15, -0.1) is 0 Å². The van der Waals surface area contributed by atoms with Crippen molar-refractivity contribution in [2.45, 2.75) is 45.1 Å². The van der Waals surface area contributed by atoms with Crippen LogP contribution in [0.2, 0.25) is 0 Å². The van der Waals surface area contributed by atoms with Crippen LogP contribution in [0, 0.1) is 17.8 Å². The second-order valence-corrected chi connectivity index (χ2v) is 5.51. The minimum atomic E-state index is -0.153. The molecule has 0 heterocycles. The molecular weight excluding hydrogens is 188 g/mol. The summed E-state index contributed by atoms with van der Waals surface area (Å²) in [6.07, 6.45) is 4.87. The van der Waals surface area contributed by atoms with E-state index in [4.69, 9.17) is 5.73 Å². The maximum absolute atomic E-state index is 12.0. The molecular formula is C12H22N2O. The predicted molar refractivity (Wildman–Crippen MR) is 60.2 cm³/mol. The summed E-state index contributed by atoms with van der Waals surface area (Å²) in [7, 11) is 0. The number of carbonyl (C=O) groups is 1. The third kappa shape index (κ3) is 2.33. The normalized spacial score (nSPS) is 26.9. The molecule has 2 rings (SSSR count). The Morgan fingerprint density at radius 3 is 2.47 bits per heavy atom. The van der Waals surface area contributed by atoms with Crippen LogP contribution < -0.4 is 11.1 Å². The molecule has 0 spiro atoms. The van der Waals surface area contributed by atoms with E-state index in [9.17, 15) is 4.79 Å². The number of hydrogen-bond acceptors (Lipinski definition) is 2. The number of rotatable bonds is 5. The molecule has 1 amide bonds. The summed E-state index contributed by atoms with van der Waals surface area (Å²) in [5.74, 6) is 1.62. The Morgan fingerprint density at radius 1 is 1.47 bits per heavy atom. The summed E-state index contributed by atoms with van der Waals surface area (Å²) in [4.78, 5) is 12.0. The minimum Gasteiger partial charge on any atom is -0.349 e. The molecule has 3 nitrogen and oxygen atoms in total. The molecule has 0 aromatic heterocycles. The van der Waals surface area contributed by atoms with E-state index < -0.39 is 0 Å². The number of nitrogens with one attached hydrogen (secondary N) is 1. The molecule has 0 saturated heterocycles. The Bertz CT molecular complexity index is 258. The highest BCUT2D eigenvalue weighted by Crippen LogP contribution is 2.40. The molecule has 2 atom stereocenters. The van der Waals surface area contributed by atoms with Gasteiger partial charge in [0.15, 0.2) is 0 Å². The zero-order chi connectivity index (χ0) is 11.1. The van der Waals surface area contributed by atoms with Gasteiger partial charge in [-0.3, -0.25) is 4.79 Å². The first-order valence-electron chi connectivity index (χ1n) is 6.09. The molecule has 3 heteroatoms. The molecule has 0 aliphatic heterocycles. The van der Waals surface area contributed by atoms with Crippen molar-refractivity contribution >= 4 is 5.91 Å². The van der Waals surface area contributed by atoms with Crippen molar-refractivity contribution in [2.75, 3.05) is 6.54 Å². The molecule has 2 unspecified atom stereocenters. The van der Waals surface area contributed by atoms with Gasteiger partial charge in [0.1, 0.15) is 0 Å². The highest BCUT2D eigenvalue weighted by molar-refractivity contribution is 5.79. The van der Waals surface area contributed by atoms with Crippen molar-refractivity contribution in [1.82, 2.24) is 5.32 Å². The van der Waals surface area contributed by atoms with Gasteiger partial charge in [0.05, 0.1) is 5.54 Å². The molecule has 0 aromatic carbocycles. The predicted octanol–water partition coefficient (Wildman–Crippen LogP) is 1.28. The Kier molecular flexibility index (Phi) is 2.75. The van der Waals surface area contributed by atoms with E-state index in [1.165, 1.54) is 25.7 Å². The zero-order valence-corrected chi connectivity index (χ0v) is 9.75. The van der Waals surface area contributed by atoms with E-state index in [2.05, 4.69) is 12.2 Å². The SMILES string of the molecule is CC(C(=O)NC(C)(CN)C1CC1)C1CC1. The van der Waals surface area contributed by atoms with Crippen LogP contribution in [-0.4, -0.2) is 18.0 Å². The van der Waals surface area contributed by atoms with Gasteiger partial charge in [0.25, 0.3) is 0 Å². The van der Waals surface area contributed by atoms with E-state index in [0.717, 1.165) is 0 Å². The number of nitrogens with two attached hydrogens (primary N) is 1. The van der Waals surface area contributed by atoms with Gasteiger partial charge in [0.2, 0.25) is 5.91 Å². The van der Waals surface area contributed by atoms with Crippen LogP contribution >= 0.6 is 0 Å². The average molecular weight is 210 g/mol. The van der Waals surface area contributed by atoms with Gasteiger partial charge in [-0.2, -0.15) is 0 Å². The van der Waals surface area contributed by atoms with Crippen LogP contribution in [-0.2, 0) is 4.79 Å². The first-order valence-corrected chi connectivity index (χ1v) is 6.09. The Hall–Kier alpha value is -0.570. The van der Waals surface area contributed by atoms with Gasteiger partial charge in [-0.1, -0.05) is 6.92 Å². The molecule has 2 saturated carbocycles. The average Bonchev–Trinajstić information content (AvgIpc) is 3.07. The highest BCUT2D eigenvalue weighted by atomic mass is 16.2. The van der Waals surface area contributed by atoms with Crippen molar-refractivity contribution in [3.8, 4) is 0 Å². The summed E-state index contributed by atoms with van der Waals surface area (Å²) in [5.41, 5.74) is 5.62. The van der Waals surface area contributed by atoms with Crippen molar-refractivity contribution in [3.63, 3.8) is 0 Å². The lowest BCUT2D eigenvalue weighted by molar-refractivity contribution is -0.127. The lowest BCUT2D eigenvalue weighted by atomic mass is 9.94. The maximum Gasteiger partial charge on any atom is 0.223 e. The Labute approximate surface area is 91.8 Å². The van der Waals surface area contributed by atoms with Gasteiger partial charge < -0.3 is 11.1 Å². The fourth-order valence-electron chi connectivity index (χ4n) is 2.25. The summed E-state index contributed by atoms with van der Waals surface area (Å²) in [6, 6.07) is 0. The first kappa shape index (κ1) is 10.9. The second-order valence-electron chi connectivity index (χ2n) is 5.51. The monoisotopic (exact) mass is 210 g/mol. The number of hydrogen-bond donors (Lipinski definition) is 2. The maximum atomic E-state index is 12.0. The van der Waals surface area contributed by atoms with Crippen LogP contribution in [0.1, 0.15) is 39.5 Å². The fraction of sp³-hybridized carbons (Fsp3) is 0.917. The van der Waals surface area contributed by atoms with Crippen molar-refractivity contribution in [3.05, 3.63) is 0 Å². The number of carbonyl (C=O) groups excluding carboxylic acids is 1. The van der Waals surface area contributed by atoms with Gasteiger partial charge >= 0.3 is 0 Å². The Morgan fingerprint density at radius 2 is 2.07 bits per heavy atom. The summed E-state index contributed by atoms with van der Waals surface area (Å²) in [6.45, 7) is 4.68. The molecule has 0 radical (unpaired) electrons. The van der Waals surface area contributed by atoms with Crippen molar-refractivity contribution in [2.24, 2.45) is 23.5 Å². The standard InChI is InChI=1S/C12H22N2O/c1-8(9-3-4-9)11(15)14-12(2,7-13)10-5-6-10/h8-10H,3-7,13H2,1-2H3,(H,14,15). The molecule has 2 fully saturated rings. The lowest BCUT2D eigenvalue weighted by Gasteiger charge is -2.31. The quantitative estimate of drug-likeness (QED) is 0.718. The fourth-order valence-corrected chi connectivity index (χ4v) is 2.25. The van der Waals surface area contributed by atoms with Crippen LogP contribution in [0.3, 0.4) is 0 Å². The van der Waals surface area contributed by atoms with Crippen LogP contribution in [0.5, 0.6) is 0 Å². The molecule has 2 aliphatic carbocycles. The minimum absolute atomic E-state index is 0.153. The summed E-state index contributed by atoms with van der Waals surface area (Å²) in [5, 5.41) is 3.16. The summed E-state index contributed by atoms with van der Waals surface area (Å²) < 4.78 is 0. The third-order valence-electron chi connectivity index (χ3n) is 4.05. The highest BCUT2D eigenvalue weighted by Gasteiger charge is 2.43. The van der Waals surface area contributed by atoms with Gasteiger partial charge in [0, 0.05) is 12.5 Å². The molecule has 15 heavy (non-hydrogen) atoms. The van der Waals surface area contributed by atoms with Gasteiger partial charge in [-0.25, -0.2) is 0 Å². The molecule has 0 aromatic rings. The van der Waals surface area contributed by atoms with E-state index >= 15 is 0 Å². The first-order chi connectivity index (χ1) is 7.07. The van der Waals surface area contributed by atoms with Crippen LogP contribution in [0.4, 0.5) is 0 Å². The van der Waals surface area contributed by atoms with Crippen molar-refractivity contribution < 1.29 is 4.79 Å². The van der Waals surface area contributed by atoms with Crippen molar-refractivity contribution in [1.29, 1.82) is 0 Å².